The SMILES string of the molecule is CC(CO)Sc1ccnc(F)c1. The number of pyridine rings is 1. The Morgan fingerprint density at radius 2 is 2.50 bits per heavy atom. The van der Waals surface area contributed by atoms with Gasteiger partial charge in [-0.2, -0.15) is 4.39 Å². The Bertz CT molecular complexity index is 257. The normalized spacial score (nSPS) is 12.9. The van der Waals surface area contributed by atoms with E-state index in [2.05, 4.69) is 4.98 Å². The maximum Gasteiger partial charge on any atom is 0.213 e. The lowest BCUT2D eigenvalue weighted by molar-refractivity contribution is 0.300. The van der Waals surface area contributed by atoms with Crippen molar-refractivity contribution in [2.45, 2.75) is 17.1 Å². The summed E-state index contributed by atoms with van der Waals surface area (Å²) in [7, 11) is 0. The molecule has 66 valence electrons. The van der Waals surface area contributed by atoms with E-state index >= 15 is 0 Å². The lowest BCUT2D eigenvalue weighted by Gasteiger charge is -2.06. The van der Waals surface area contributed by atoms with E-state index in [1.54, 1.807) is 6.07 Å². The predicted octanol–water partition coefficient (Wildman–Crippen LogP) is 1.69. The van der Waals surface area contributed by atoms with E-state index in [0.717, 1.165) is 4.90 Å². The highest BCUT2D eigenvalue weighted by Crippen LogP contribution is 2.22. The molecule has 0 spiro atoms. The third-order valence-electron chi connectivity index (χ3n) is 1.29. The maximum atomic E-state index is 12.5. The van der Waals surface area contributed by atoms with E-state index in [4.69, 9.17) is 5.11 Å². The van der Waals surface area contributed by atoms with Crippen molar-refractivity contribution in [3.8, 4) is 0 Å². The molecule has 0 aliphatic heterocycles. The summed E-state index contributed by atoms with van der Waals surface area (Å²) in [5, 5.41) is 8.82. The number of hydrogen-bond acceptors (Lipinski definition) is 3. The maximum absolute atomic E-state index is 12.5. The average molecular weight is 187 g/mol. The monoisotopic (exact) mass is 187 g/mol. The van der Waals surface area contributed by atoms with Crippen molar-refractivity contribution in [2.75, 3.05) is 6.61 Å². The van der Waals surface area contributed by atoms with Gasteiger partial charge in [0.2, 0.25) is 5.95 Å². The van der Waals surface area contributed by atoms with Crippen molar-refractivity contribution in [3.05, 3.63) is 24.3 Å². The number of nitrogens with zero attached hydrogens (tertiary/aromatic N) is 1. The van der Waals surface area contributed by atoms with Crippen LogP contribution in [0, 0.1) is 5.95 Å². The molecule has 4 heteroatoms. The first-order chi connectivity index (χ1) is 5.72. The van der Waals surface area contributed by atoms with E-state index < -0.39 is 5.95 Å². The predicted molar refractivity (Wildman–Crippen MR) is 46.6 cm³/mol. The van der Waals surface area contributed by atoms with Gasteiger partial charge < -0.3 is 5.11 Å². The van der Waals surface area contributed by atoms with Crippen molar-refractivity contribution >= 4 is 11.8 Å². The number of aromatic nitrogens is 1. The molecular weight excluding hydrogens is 177 g/mol. The van der Waals surface area contributed by atoms with Gasteiger partial charge in [0.25, 0.3) is 0 Å². The second kappa shape index (κ2) is 4.42. The minimum atomic E-state index is -0.481. The summed E-state index contributed by atoms with van der Waals surface area (Å²) in [6.07, 6.45) is 1.42. The van der Waals surface area contributed by atoms with Crippen molar-refractivity contribution in [1.29, 1.82) is 0 Å². The molecule has 0 amide bonds. The summed E-state index contributed by atoms with van der Waals surface area (Å²) in [5.74, 6) is -0.481. The lowest BCUT2D eigenvalue weighted by atomic mass is 10.5. The summed E-state index contributed by atoms with van der Waals surface area (Å²) in [6.45, 7) is 1.97. The van der Waals surface area contributed by atoms with Crippen LogP contribution in [0.1, 0.15) is 6.92 Å². The number of thioether (sulfide) groups is 1. The number of aliphatic hydroxyl groups excluding tert-OH is 1. The summed E-state index contributed by atoms with van der Waals surface area (Å²) in [5.41, 5.74) is 0. The van der Waals surface area contributed by atoms with Gasteiger partial charge in [-0.15, -0.1) is 11.8 Å². The highest BCUT2D eigenvalue weighted by molar-refractivity contribution is 8.00. The Labute approximate surface area is 74.8 Å². The first-order valence-electron chi connectivity index (χ1n) is 3.61. The summed E-state index contributed by atoms with van der Waals surface area (Å²) < 4.78 is 12.5. The van der Waals surface area contributed by atoms with Crippen LogP contribution in [-0.4, -0.2) is 21.9 Å². The third-order valence-corrected chi connectivity index (χ3v) is 2.37. The van der Waals surface area contributed by atoms with Crippen LogP contribution in [-0.2, 0) is 0 Å². The van der Waals surface area contributed by atoms with Crippen LogP contribution in [0.3, 0.4) is 0 Å². The fourth-order valence-electron chi connectivity index (χ4n) is 0.728. The fraction of sp³-hybridized carbons (Fsp3) is 0.375. The van der Waals surface area contributed by atoms with Crippen LogP contribution in [0.4, 0.5) is 4.39 Å². The van der Waals surface area contributed by atoms with E-state index in [9.17, 15) is 4.39 Å². The van der Waals surface area contributed by atoms with Crippen molar-refractivity contribution in [3.63, 3.8) is 0 Å². The molecule has 0 aliphatic carbocycles. The quantitative estimate of drug-likeness (QED) is 0.577. The van der Waals surface area contributed by atoms with Crippen LogP contribution >= 0.6 is 11.8 Å². The second-order valence-corrected chi connectivity index (χ2v) is 3.94. The van der Waals surface area contributed by atoms with Gasteiger partial charge in [0.15, 0.2) is 0 Å². The molecule has 0 saturated heterocycles. The van der Waals surface area contributed by atoms with Crippen molar-refractivity contribution < 1.29 is 9.50 Å². The Morgan fingerprint density at radius 3 is 3.08 bits per heavy atom. The minimum absolute atomic E-state index is 0.0896. The van der Waals surface area contributed by atoms with E-state index in [1.807, 2.05) is 6.92 Å². The van der Waals surface area contributed by atoms with Crippen LogP contribution in [0.2, 0.25) is 0 Å². The molecule has 0 fully saturated rings. The zero-order chi connectivity index (χ0) is 8.97. The Kier molecular flexibility index (Phi) is 3.49. The summed E-state index contributed by atoms with van der Waals surface area (Å²) in [4.78, 5) is 4.23. The topological polar surface area (TPSA) is 33.1 Å². The number of hydrogen-bond donors (Lipinski definition) is 1. The van der Waals surface area contributed by atoms with Gasteiger partial charge in [-0.3, -0.25) is 0 Å². The van der Waals surface area contributed by atoms with Crippen LogP contribution < -0.4 is 0 Å². The first-order valence-corrected chi connectivity index (χ1v) is 4.49. The zero-order valence-electron chi connectivity index (χ0n) is 6.70. The van der Waals surface area contributed by atoms with Crippen LogP contribution in [0.5, 0.6) is 0 Å². The van der Waals surface area contributed by atoms with Gasteiger partial charge in [0, 0.05) is 22.4 Å². The molecule has 1 aromatic heterocycles. The van der Waals surface area contributed by atoms with E-state index in [-0.39, 0.29) is 11.9 Å². The molecule has 1 rings (SSSR count). The van der Waals surface area contributed by atoms with Gasteiger partial charge in [-0.25, -0.2) is 4.98 Å². The standard InChI is InChI=1S/C8H10FNOS/c1-6(5-11)12-7-2-3-10-8(9)4-7/h2-4,6,11H,5H2,1H3. The second-order valence-electron chi connectivity index (χ2n) is 2.43. The molecule has 0 radical (unpaired) electrons. The van der Waals surface area contributed by atoms with Gasteiger partial charge in [-0.05, 0) is 6.07 Å². The molecule has 1 aromatic rings. The molecule has 1 unspecified atom stereocenters. The van der Waals surface area contributed by atoms with Gasteiger partial charge >= 0.3 is 0 Å². The Morgan fingerprint density at radius 1 is 1.75 bits per heavy atom. The number of halogens is 1. The summed E-state index contributed by atoms with van der Waals surface area (Å²) >= 11 is 1.43. The molecule has 2 nitrogen and oxygen atoms in total. The van der Waals surface area contributed by atoms with Gasteiger partial charge in [-0.1, -0.05) is 6.92 Å². The highest BCUT2D eigenvalue weighted by atomic mass is 32.2. The van der Waals surface area contributed by atoms with Crippen molar-refractivity contribution in [1.82, 2.24) is 4.98 Å². The third kappa shape index (κ3) is 2.79. The number of rotatable bonds is 3. The molecule has 1 N–H and O–H groups in total. The van der Waals surface area contributed by atoms with Gasteiger partial charge in [0.1, 0.15) is 0 Å². The Hall–Kier alpha value is -0.610. The Balaban J connectivity index is 2.63. The molecule has 0 bridgehead atoms. The average Bonchev–Trinajstić information content (AvgIpc) is 2.04. The van der Waals surface area contributed by atoms with E-state index in [0.29, 0.717) is 0 Å². The minimum Gasteiger partial charge on any atom is -0.395 e. The molecule has 1 heterocycles. The van der Waals surface area contributed by atoms with Gasteiger partial charge in [0.05, 0.1) is 6.61 Å². The van der Waals surface area contributed by atoms with Crippen molar-refractivity contribution in [2.24, 2.45) is 0 Å². The summed E-state index contributed by atoms with van der Waals surface area (Å²) in [6, 6.07) is 3.08. The molecule has 0 aliphatic rings. The smallest absolute Gasteiger partial charge is 0.213 e. The molecule has 0 aromatic carbocycles. The number of aliphatic hydroxyl groups is 1. The van der Waals surface area contributed by atoms with E-state index in [1.165, 1.54) is 24.0 Å². The van der Waals surface area contributed by atoms with Crippen LogP contribution in [0.15, 0.2) is 23.2 Å². The first kappa shape index (κ1) is 9.48. The fourth-order valence-corrected chi connectivity index (χ4v) is 1.57. The molecular formula is C8H10FNOS. The van der Waals surface area contributed by atoms with Crippen LogP contribution in [0.25, 0.3) is 0 Å². The zero-order valence-corrected chi connectivity index (χ0v) is 7.51. The molecule has 0 saturated carbocycles. The largest absolute Gasteiger partial charge is 0.395 e. The molecule has 12 heavy (non-hydrogen) atoms. The lowest BCUT2D eigenvalue weighted by Crippen LogP contribution is -2.01. The highest BCUT2D eigenvalue weighted by Gasteiger charge is 2.03. The molecule has 1 atom stereocenters.